The zero-order chi connectivity index (χ0) is 12.3. The Morgan fingerprint density at radius 1 is 1.35 bits per heavy atom. The van der Waals surface area contributed by atoms with Crippen LogP contribution in [-0.2, 0) is 6.54 Å². The molecule has 1 aromatic heterocycles. The smallest absolute Gasteiger partial charge is 0.203 e. The topological polar surface area (TPSA) is 49.0 Å². The minimum atomic E-state index is 0.309. The fourth-order valence-electron chi connectivity index (χ4n) is 1.35. The number of benzene rings is 1. The maximum absolute atomic E-state index is 8.62. The fourth-order valence-corrected chi connectivity index (χ4v) is 2.09. The van der Waals surface area contributed by atoms with Crippen LogP contribution in [0.3, 0.4) is 0 Å². The van der Waals surface area contributed by atoms with Crippen LogP contribution in [0, 0.1) is 11.3 Å². The second-order valence-corrected chi connectivity index (χ2v) is 4.68. The van der Waals surface area contributed by atoms with Crippen molar-refractivity contribution in [3.8, 4) is 6.07 Å². The van der Waals surface area contributed by atoms with E-state index in [1.54, 1.807) is 12.1 Å². The molecule has 0 aliphatic heterocycles. The van der Waals surface area contributed by atoms with Crippen LogP contribution in [0.1, 0.15) is 11.5 Å². The molecule has 0 aliphatic rings. The third-order valence-corrected chi connectivity index (χ3v) is 2.96. The summed E-state index contributed by atoms with van der Waals surface area (Å²) in [6.07, 6.45) is 0. The highest BCUT2D eigenvalue weighted by atomic mass is 79.9. The van der Waals surface area contributed by atoms with Gasteiger partial charge in [0.25, 0.3) is 0 Å². The molecule has 1 aromatic carbocycles. The molecule has 0 atom stereocenters. The van der Waals surface area contributed by atoms with Gasteiger partial charge in [-0.05, 0) is 30.3 Å². The van der Waals surface area contributed by atoms with E-state index in [0.717, 1.165) is 10.2 Å². The molecular formula is C12H8BrClN2O. The summed E-state index contributed by atoms with van der Waals surface area (Å²) in [5, 5.41) is 12.4. The normalized spacial score (nSPS) is 9.94. The molecule has 0 radical (unpaired) electrons. The highest BCUT2D eigenvalue weighted by Gasteiger charge is 2.03. The number of furan rings is 1. The molecule has 0 unspecified atom stereocenters. The van der Waals surface area contributed by atoms with E-state index in [2.05, 4.69) is 21.2 Å². The summed E-state index contributed by atoms with van der Waals surface area (Å²) < 4.78 is 6.17. The molecule has 0 spiro atoms. The van der Waals surface area contributed by atoms with Crippen molar-refractivity contribution in [2.75, 3.05) is 5.32 Å². The Bertz CT molecular complexity index is 574. The van der Waals surface area contributed by atoms with Gasteiger partial charge < -0.3 is 9.73 Å². The van der Waals surface area contributed by atoms with Crippen molar-refractivity contribution in [1.82, 2.24) is 0 Å². The van der Waals surface area contributed by atoms with Crippen LogP contribution >= 0.6 is 27.5 Å². The van der Waals surface area contributed by atoms with Crippen LogP contribution in [0.5, 0.6) is 0 Å². The van der Waals surface area contributed by atoms with Crippen LogP contribution in [0.4, 0.5) is 5.69 Å². The largest absolute Gasteiger partial charge is 0.449 e. The summed E-state index contributed by atoms with van der Waals surface area (Å²) in [5.74, 6) is 1.00. The SMILES string of the molecule is N#Cc1ccc(CNc2ccc(Br)cc2Cl)o1. The second kappa shape index (κ2) is 5.26. The van der Waals surface area contributed by atoms with E-state index in [1.165, 1.54) is 0 Å². The van der Waals surface area contributed by atoms with Gasteiger partial charge in [0.05, 0.1) is 17.3 Å². The van der Waals surface area contributed by atoms with Crippen LogP contribution in [0.15, 0.2) is 39.2 Å². The number of hydrogen-bond acceptors (Lipinski definition) is 3. The van der Waals surface area contributed by atoms with Crippen LogP contribution in [0.25, 0.3) is 0 Å². The first-order valence-electron chi connectivity index (χ1n) is 4.87. The first-order valence-corrected chi connectivity index (χ1v) is 6.04. The lowest BCUT2D eigenvalue weighted by molar-refractivity contribution is 0.506. The van der Waals surface area contributed by atoms with Crippen LogP contribution in [-0.4, -0.2) is 0 Å². The van der Waals surface area contributed by atoms with Gasteiger partial charge in [-0.25, -0.2) is 0 Å². The van der Waals surface area contributed by atoms with Gasteiger partial charge in [0, 0.05) is 4.47 Å². The first kappa shape index (κ1) is 12.0. The van der Waals surface area contributed by atoms with E-state index in [9.17, 15) is 0 Å². The Balaban J connectivity index is 2.05. The van der Waals surface area contributed by atoms with Gasteiger partial charge >= 0.3 is 0 Å². The van der Waals surface area contributed by atoms with E-state index in [0.29, 0.717) is 23.1 Å². The Morgan fingerprint density at radius 2 is 2.18 bits per heavy atom. The number of nitriles is 1. The quantitative estimate of drug-likeness (QED) is 0.925. The Morgan fingerprint density at radius 3 is 2.82 bits per heavy atom. The standard InChI is InChI=1S/C12H8BrClN2O/c13-8-1-4-12(11(14)5-8)16-7-10-3-2-9(6-15)17-10/h1-5,16H,7H2. The molecule has 0 bridgehead atoms. The molecule has 17 heavy (non-hydrogen) atoms. The summed E-state index contributed by atoms with van der Waals surface area (Å²) in [5.41, 5.74) is 0.824. The van der Waals surface area contributed by atoms with Gasteiger partial charge in [-0.1, -0.05) is 27.5 Å². The van der Waals surface area contributed by atoms with Crippen molar-refractivity contribution >= 4 is 33.2 Å². The molecule has 0 aliphatic carbocycles. The zero-order valence-electron chi connectivity index (χ0n) is 8.71. The molecule has 3 nitrogen and oxygen atoms in total. The number of hydrogen-bond donors (Lipinski definition) is 1. The average Bonchev–Trinajstić information content (AvgIpc) is 2.76. The summed E-state index contributed by atoms with van der Waals surface area (Å²) >= 11 is 9.39. The molecule has 0 saturated carbocycles. The predicted molar refractivity (Wildman–Crippen MR) is 69.9 cm³/mol. The summed E-state index contributed by atoms with van der Waals surface area (Å²) in [4.78, 5) is 0. The number of nitrogens with zero attached hydrogens (tertiary/aromatic N) is 1. The van der Waals surface area contributed by atoms with Crippen molar-refractivity contribution in [3.63, 3.8) is 0 Å². The van der Waals surface area contributed by atoms with Crippen molar-refractivity contribution in [2.45, 2.75) is 6.54 Å². The van der Waals surface area contributed by atoms with E-state index in [4.69, 9.17) is 21.3 Å². The van der Waals surface area contributed by atoms with Gasteiger partial charge in [-0.2, -0.15) is 5.26 Å². The van der Waals surface area contributed by atoms with Crippen molar-refractivity contribution < 1.29 is 4.42 Å². The Labute approximate surface area is 112 Å². The minimum absolute atomic E-state index is 0.309. The number of nitrogens with one attached hydrogen (secondary N) is 1. The monoisotopic (exact) mass is 310 g/mol. The van der Waals surface area contributed by atoms with Gasteiger partial charge in [-0.15, -0.1) is 0 Å². The lowest BCUT2D eigenvalue weighted by Gasteiger charge is -2.06. The lowest BCUT2D eigenvalue weighted by Crippen LogP contribution is -1.98. The molecule has 2 aromatic rings. The second-order valence-electron chi connectivity index (χ2n) is 3.36. The molecule has 0 amide bonds. The van der Waals surface area contributed by atoms with E-state index >= 15 is 0 Å². The van der Waals surface area contributed by atoms with Crippen LogP contribution in [0.2, 0.25) is 5.02 Å². The number of halogens is 2. The van der Waals surface area contributed by atoms with Gasteiger partial charge in [0.15, 0.2) is 0 Å². The van der Waals surface area contributed by atoms with Crippen molar-refractivity contribution in [2.24, 2.45) is 0 Å². The van der Waals surface area contributed by atoms with E-state index in [1.807, 2.05) is 24.3 Å². The average molecular weight is 312 g/mol. The van der Waals surface area contributed by atoms with E-state index < -0.39 is 0 Å². The molecule has 1 heterocycles. The highest BCUT2D eigenvalue weighted by Crippen LogP contribution is 2.26. The van der Waals surface area contributed by atoms with Gasteiger partial charge in [-0.3, -0.25) is 0 Å². The minimum Gasteiger partial charge on any atom is -0.449 e. The van der Waals surface area contributed by atoms with E-state index in [-0.39, 0.29) is 0 Å². The molecule has 0 saturated heterocycles. The Hall–Kier alpha value is -1.44. The third-order valence-electron chi connectivity index (χ3n) is 2.16. The van der Waals surface area contributed by atoms with Crippen molar-refractivity contribution in [1.29, 1.82) is 5.26 Å². The number of rotatable bonds is 3. The predicted octanol–water partition coefficient (Wildman–Crippen LogP) is 4.18. The number of anilines is 1. The fraction of sp³-hybridized carbons (Fsp3) is 0.0833. The molecular weight excluding hydrogens is 304 g/mol. The maximum Gasteiger partial charge on any atom is 0.203 e. The molecule has 0 fully saturated rings. The van der Waals surface area contributed by atoms with Gasteiger partial charge in [0.2, 0.25) is 5.76 Å². The molecule has 2 rings (SSSR count). The third kappa shape index (κ3) is 3.02. The molecule has 5 heteroatoms. The summed E-state index contributed by atoms with van der Waals surface area (Å²) in [7, 11) is 0. The molecule has 1 N–H and O–H groups in total. The Kier molecular flexibility index (Phi) is 3.72. The molecule has 86 valence electrons. The van der Waals surface area contributed by atoms with Crippen molar-refractivity contribution in [3.05, 3.63) is 51.3 Å². The first-order chi connectivity index (χ1) is 8.19. The summed E-state index contributed by atoms with van der Waals surface area (Å²) in [6.45, 7) is 0.489. The maximum atomic E-state index is 8.62. The highest BCUT2D eigenvalue weighted by molar-refractivity contribution is 9.10. The lowest BCUT2D eigenvalue weighted by atomic mass is 10.3. The summed E-state index contributed by atoms with van der Waals surface area (Å²) in [6, 6.07) is 10.9. The zero-order valence-corrected chi connectivity index (χ0v) is 11.0. The van der Waals surface area contributed by atoms with Gasteiger partial charge in [0.1, 0.15) is 11.8 Å². The van der Waals surface area contributed by atoms with Crippen LogP contribution < -0.4 is 5.32 Å².